The minimum Gasteiger partial charge on any atom is -0.338 e. The van der Waals surface area contributed by atoms with E-state index in [4.69, 9.17) is 0 Å². The van der Waals surface area contributed by atoms with Gasteiger partial charge in [0.2, 0.25) is 0 Å². The number of carbonyl (C=O) groups is 1. The van der Waals surface area contributed by atoms with Gasteiger partial charge in [-0.25, -0.2) is 0 Å². The summed E-state index contributed by atoms with van der Waals surface area (Å²) in [6, 6.07) is 1.04. The van der Waals surface area contributed by atoms with E-state index in [0.29, 0.717) is 13.1 Å². The predicted molar refractivity (Wildman–Crippen MR) is 63.5 cm³/mol. The fourth-order valence-electron chi connectivity index (χ4n) is 2.00. The molecule has 7 nitrogen and oxygen atoms in total. The highest BCUT2D eigenvalue weighted by atomic mass is 16.6. The number of nitrogens with one attached hydrogen (secondary N) is 1. The van der Waals surface area contributed by atoms with Crippen molar-refractivity contribution >= 4 is 11.6 Å². The maximum atomic E-state index is 12.1. The molecule has 1 aromatic heterocycles. The van der Waals surface area contributed by atoms with Crippen LogP contribution in [0.4, 0.5) is 5.69 Å². The lowest BCUT2D eigenvalue weighted by atomic mass is 10.1. The van der Waals surface area contributed by atoms with E-state index in [1.807, 2.05) is 0 Å². The molecule has 0 spiro atoms. The highest BCUT2D eigenvalue weighted by Gasteiger charge is 2.22. The molecule has 1 aliphatic rings. The number of pyridine rings is 1. The summed E-state index contributed by atoms with van der Waals surface area (Å²) in [4.78, 5) is 37.4. The van der Waals surface area contributed by atoms with Crippen LogP contribution in [0.2, 0.25) is 0 Å². The van der Waals surface area contributed by atoms with Crippen LogP contribution in [0.25, 0.3) is 0 Å². The first-order chi connectivity index (χ1) is 8.59. The fourth-order valence-corrected chi connectivity index (χ4v) is 2.00. The number of nitro groups is 1. The van der Waals surface area contributed by atoms with E-state index in [1.165, 1.54) is 0 Å². The first kappa shape index (κ1) is 12.3. The second-order valence-corrected chi connectivity index (χ2v) is 4.21. The van der Waals surface area contributed by atoms with Crippen molar-refractivity contribution in [1.29, 1.82) is 0 Å². The second kappa shape index (κ2) is 4.99. The van der Waals surface area contributed by atoms with E-state index in [0.717, 1.165) is 31.5 Å². The number of piperidine rings is 1. The topological polar surface area (TPSA) is 96.3 Å². The third-order valence-electron chi connectivity index (χ3n) is 2.97. The summed E-state index contributed by atoms with van der Waals surface area (Å²) >= 11 is 0. The number of aromatic nitrogens is 1. The Morgan fingerprint density at radius 3 is 2.61 bits per heavy atom. The van der Waals surface area contributed by atoms with Crippen LogP contribution in [0.5, 0.6) is 0 Å². The van der Waals surface area contributed by atoms with Gasteiger partial charge in [-0.1, -0.05) is 0 Å². The summed E-state index contributed by atoms with van der Waals surface area (Å²) in [6.45, 7) is 1.20. The molecule has 1 N–H and O–H groups in total. The molecule has 2 rings (SSSR count). The van der Waals surface area contributed by atoms with Crippen molar-refractivity contribution in [3.8, 4) is 0 Å². The van der Waals surface area contributed by atoms with Crippen LogP contribution in [-0.4, -0.2) is 33.8 Å². The zero-order valence-electron chi connectivity index (χ0n) is 9.72. The summed E-state index contributed by atoms with van der Waals surface area (Å²) in [5, 5.41) is 10.6. The molecule has 0 unspecified atom stereocenters. The van der Waals surface area contributed by atoms with Gasteiger partial charge in [0.15, 0.2) is 0 Å². The zero-order valence-corrected chi connectivity index (χ0v) is 9.72. The van der Waals surface area contributed by atoms with Crippen molar-refractivity contribution in [3.05, 3.63) is 38.3 Å². The summed E-state index contributed by atoms with van der Waals surface area (Å²) in [6.07, 6.45) is 3.86. The number of nitrogens with zero attached hydrogens (tertiary/aromatic N) is 2. The molecule has 96 valence electrons. The van der Waals surface area contributed by atoms with Gasteiger partial charge in [0.25, 0.3) is 17.2 Å². The van der Waals surface area contributed by atoms with Crippen LogP contribution in [0.1, 0.15) is 29.6 Å². The molecule has 0 aromatic carbocycles. The number of likely N-dealkylation sites (tertiary alicyclic amines) is 1. The number of H-pyrrole nitrogens is 1. The van der Waals surface area contributed by atoms with Crippen molar-refractivity contribution in [2.45, 2.75) is 19.3 Å². The van der Waals surface area contributed by atoms with E-state index in [2.05, 4.69) is 4.98 Å². The largest absolute Gasteiger partial charge is 0.338 e. The van der Waals surface area contributed by atoms with Crippen molar-refractivity contribution in [2.24, 2.45) is 0 Å². The van der Waals surface area contributed by atoms with Gasteiger partial charge in [-0.15, -0.1) is 0 Å². The van der Waals surface area contributed by atoms with E-state index >= 15 is 0 Å². The van der Waals surface area contributed by atoms with Crippen LogP contribution in [0, 0.1) is 10.1 Å². The molecule has 1 aliphatic heterocycles. The van der Waals surface area contributed by atoms with Gasteiger partial charge in [0.05, 0.1) is 11.1 Å². The number of hydrogen-bond donors (Lipinski definition) is 1. The van der Waals surface area contributed by atoms with Gasteiger partial charge in [0.1, 0.15) is 5.56 Å². The van der Waals surface area contributed by atoms with Crippen LogP contribution in [0.15, 0.2) is 17.1 Å². The molecule has 18 heavy (non-hydrogen) atoms. The lowest BCUT2D eigenvalue weighted by Gasteiger charge is -2.26. The number of hydrogen-bond acceptors (Lipinski definition) is 4. The van der Waals surface area contributed by atoms with Gasteiger partial charge < -0.3 is 9.88 Å². The summed E-state index contributed by atoms with van der Waals surface area (Å²) < 4.78 is 0. The maximum Gasteiger partial charge on any atom is 0.286 e. The summed E-state index contributed by atoms with van der Waals surface area (Å²) in [5.74, 6) is -0.431. The lowest BCUT2D eigenvalue weighted by molar-refractivity contribution is -0.385. The molecule has 0 saturated carbocycles. The monoisotopic (exact) mass is 251 g/mol. The van der Waals surface area contributed by atoms with Crippen LogP contribution < -0.4 is 5.56 Å². The Hall–Kier alpha value is -2.18. The quantitative estimate of drug-likeness (QED) is 0.624. The number of aromatic amines is 1. The van der Waals surface area contributed by atoms with Crippen LogP contribution in [-0.2, 0) is 0 Å². The first-order valence-electron chi connectivity index (χ1n) is 5.76. The molecule has 0 bridgehead atoms. The lowest BCUT2D eigenvalue weighted by Crippen LogP contribution is -2.38. The number of amides is 1. The van der Waals surface area contributed by atoms with E-state index in [1.54, 1.807) is 4.90 Å². The number of rotatable bonds is 2. The Kier molecular flexibility index (Phi) is 3.40. The molecule has 1 fully saturated rings. The molecule has 2 heterocycles. The second-order valence-electron chi connectivity index (χ2n) is 4.21. The van der Waals surface area contributed by atoms with E-state index in [-0.39, 0.29) is 11.3 Å². The molecule has 1 aromatic rings. The molecule has 7 heteroatoms. The van der Waals surface area contributed by atoms with Crippen molar-refractivity contribution in [3.63, 3.8) is 0 Å². The minimum absolute atomic E-state index is 0.161. The van der Waals surface area contributed by atoms with E-state index in [9.17, 15) is 19.7 Å². The maximum absolute atomic E-state index is 12.1. The first-order valence-corrected chi connectivity index (χ1v) is 5.76. The van der Waals surface area contributed by atoms with Gasteiger partial charge in [0, 0.05) is 19.2 Å². The van der Waals surface area contributed by atoms with Gasteiger partial charge in [-0.2, -0.15) is 0 Å². The smallest absolute Gasteiger partial charge is 0.286 e. The Labute approximate surface area is 103 Å². The Morgan fingerprint density at radius 2 is 2.00 bits per heavy atom. The minimum atomic E-state index is -0.636. The Balaban J connectivity index is 2.31. The molecular weight excluding hydrogens is 238 g/mol. The Bertz CT molecular complexity index is 531. The molecule has 0 radical (unpaired) electrons. The highest BCUT2D eigenvalue weighted by Crippen LogP contribution is 2.14. The average molecular weight is 251 g/mol. The average Bonchev–Trinajstić information content (AvgIpc) is 2.39. The number of carbonyl (C=O) groups excluding carboxylic acids is 1. The summed E-state index contributed by atoms with van der Waals surface area (Å²) in [7, 11) is 0. The van der Waals surface area contributed by atoms with Crippen LogP contribution in [0.3, 0.4) is 0 Å². The van der Waals surface area contributed by atoms with Crippen molar-refractivity contribution < 1.29 is 9.72 Å². The van der Waals surface area contributed by atoms with Gasteiger partial charge >= 0.3 is 0 Å². The SMILES string of the molecule is O=C(c1cc([N+](=O)[O-])c[nH]c1=O)N1CCCCC1. The standard InChI is InChI=1S/C11H13N3O4/c15-10-9(6-8(7-12-10)14(17)18)11(16)13-4-2-1-3-5-13/h6-7H,1-5H2,(H,12,15). The molecular formula is C11H13N3O4. The normalized spacial score (nSPS) is 15.4. The fraction of sp³-hybridized carbons (Fsp3) is 0.455. The molecule has 0 aliphatic carbocycles. The van der Waals surface area contributed by atoms with Crippen LogP contribution >= 0.6 is 0 Å². The molecule has 1 amide bonds. The molecule has 1 saturated heterocycles. The van der Waals surface area contributed by atoms with E-state index < -0.39 is 16.4 Å². The molecule has 0 atom stereocenters. The Morgan fingerprint density at radius 1 is 1.33 bits per heavy atom. The van der Waals surface area contributed by atoms with Gasteiger partial charge in [-0.3, -0.25) is 19.7 Å². The van der Waals surface area contributed by atoms with Crippen molar-refractivity contribution in [2.75, 3.05) is 13.1 Å². The summed E-state index contributed by atoms with van der Waals surface area (Å²) in [5.41, 5.74) is -1.03. The highest BCUT2D eigenvalue weighted by molar-refractivity contribution is 5.94. The van der Waals surface area contributed by atoms with Gasteiger partial charge in [-0.05, 0) is 19.3 Å². The zero-order chi connectivity index (χ0) is 13.1. The van der Waals surface area contributed by atoms with Crippen molar-refractivity contribution in [1.82, 2.24) is 9.88 Å². The predicted octanol–water partition coefficient (Wildman–Crippen LogP) is 0.909. The third kappa shape index (κ3) is 2.39. The third-order valence-corrected chi connectivity index (χ3v) is 2.97.